The maximum atomic E-state index is 6.41. The van der Waals surface area contributed by atoms with Gasteiger partial charge in [-0.3, -0.25) is 4.90 Å². The first-order chi connectivity index (χ1) is 10.1. The molecule has 2 nitrogen and oxygen atoms in total. The van der Waals surface area contributed by atoms with Gasteiger partial charge in [0.2, 0.25) is 0 Å². The Bertz CT molecular complexity index is 494. The van der Waals surface area contributed by atoms with Crippen molar-refractivity contribution in [2.24, 2.45) is 0 Å². The summed E-state index contributed by atoms with van der Waals surface area (Å²) < 4.78 is 0. The molecule has 3 atom stereocenters. The second-order valence-electron chi connectivity index (χ2n) is 6.44. The number of halogens is 2. The normalized spacial score (nSPS) is 29.9. The molecule has 0 amide bonds. The second-order valence-corrected chi connectivity index (χ2v) is 7.28. The molecule has 3 unspecified atom stereocenters. The zero-order chi connectivity index (χ0) is 15.0. The summed E-state index contributed by atoms with van der Waals surface area (Å²) in [6.07, 6.45) is 5.21. The first-order valence-electron chi connectivity index (χ1n) is 8.05. The molecule has 2 aliphatic rings. The highest BCUT2D eigenvalue weighted by atomic mass is 35.5. The van der Waals surface area contributed by atoms with Gasteiger partial charge in [-0.25, -0.2) is 0 Å². The number of piperidine rings is 1. The Labute approximate surface area is 137 Å². The van der Waals surface area contributed by atoms with E-state index in [1.807, 2.05) is 12.1 Å². The highest BCUT2D eigenvalue weighted by Gasteiger charge is 2.37. The average molecular weight is 327 g/mol. The standard InChI is InChI=1S/C17H24Cl2N2/c1-3-21(15-9-13-5-6-14(10-15)20-13)11(2)16-7-4-12(18)8-17(16)19/h4,7-8,11,13-15,20H,3,5-6,9-10H2,1-2H3. The fourth-order valence-electron chi connectivity index (χ4n) is 4.17. The minimum absolute atomic E-state index is 0.335. The molecule has 1 N–H and O–H groups in total. The second kappa shape index (κ2) is 6.45. The van der Waals surface area contributed by atoms with Crippen molar-refractivity contribution >= 4 is 23.2 Å². The van der Waals surface area contributed by atoms with Crippen LogP contribution in [0.5, 0.6) is 0 Å². The summed E-state index contributed by atoms with van der Waals surface area (Å²) in [6, 6.07) is 8.31. The van der Waals surface area contributed by atoms with Crippen molar-refractivity contribution in [3.8, 4) is 0 Å². The van der Waals surface area contributed by atoms with E-state index in [1.54, 1.807) is 0 Å². The van der Waals surface area contributed by atoms with E-state index in [0.717, 1.165) is 23.7 Å². The first kappa shape index (κ1) is 15.6. The smallest absolute Gasteiger partial charge is 0.0468 e. The van der Waals surface area contributed by atoms with Crippen LogP contribution in [-0.2, 0) is 0 Å². The van der Waals surface area contributed by atoms with Crippen LogP contribution in [0, 0.1) is 0 Å². The molecule has 0 radical (unpaired) electrons. The summed E-state index contributed by atoms with van der Waals surface area (Å²) >= 11 is 12.4. The Morgan fingerprint density at radius 3 is 2.48 bits per heavy atom. The lowest BCUT2D eigenvalue weighted by atomic mass is 9.95. The van der Waals surface area contributed by atoms with Crippen LogP contribution >= 0.6 is 23.2 Å². The molecule has 2 fully saturated rings. The summed E-state index contributed by atoms with van der Waals surface area (Å²) in [5, 5.41) is 5.22. The summed E-state index contributed by atoms with van der Waals surface area (Å²) in [5.74, 6) is 0. The van der Waals surface area contributed by atoms with Crippen molar-refractivity contribution in [3.63, 3.8) is 0 Å². The number of hydrogen-bond donors (Lipinski definition) is 1. The molecule has 0 saturated carbocycles. The molecule has 0 spiro atoms. The van der Waals surface area contributed by atoms with Crippen LogP contribution in [0.1, 0.15) is 51.1 Å². The fraction of sp³-hybridized carbons (Fsp3) is 0.647. The highest BCUT2D eigenvalue weighted by Crippen LogP contribution is 2.36. The van der Waals surface area contributed by atoms with Gasteiger partial charge in [0.05, 0.1) is 0 Å². The van der Waals surface area contributed by atoms with Crippen molar-refractivity contribution in [2.75, 3.05) is 6.54 Å². The third-order valence-electron chi connectivity index (χ3n) is 5.19. The third kappa shape index (κ3) is 3.24. The fourth-order valence-corrected chi connectivity index (χ4v) is 4.73. The molecule has 1 aromatic rings. The zero-order valence-electron chi connectivity index (χ0n) is 12.8. The number of benzene rings is 1. The monoisotopic (exact) mass is 326 g/mol. The summed E-state index contributed by atoms with van der Waals surface area (Å²) in [5.41, 5.74) is 1.19. The first-order valence-corrected chi connectivity index (χ1v) is 8.80. The lowest BCUT2D eigenvalue weighted by molar-refractivity contribution is 0.108. The van der Waals surface area contributed by atoms with Crippen molar-refractivity contribution < 1.29 is 0 Å². The Kier molecular flexibility index (Phi) is 4.80. The molecule has 21 heavy (non-hydrogen) atoms. The van der Waals surface area contributed by atoms with Gasteiger partial charge in [-0.2, -0.15) is 0 Å². The van der Waals surface area contributed by atoms with Gasteiger partial charge in [0.15, 0.2) is 0 Å². The number of hydrogen-bond acceptors (Lipinski definition) is 2. The SMILES string of the molecule is CCN(C1CC2CCC(C1)N2)C(C)c1ccc(Cl)cc1Cl. The number of rotatable bonds is 4. The minimum Gasteiger partial charge on any atom is -0.311 e. The van der Waals surface area contributed by atoms with Crippen LogP contribution in [-0.4, -0.2) is 29.6 Å². The molecule has 3 rings (SSSR count). The summed E-state index contributed by atoms with van der Waals surface area (Å²) in [4.78, 5) is 2.61. The van der Waals surface area contributed by atoms with Gasteiger partial charge in [-0.1, -0.05) is 36.2 Å². The van der Waals surface area contributed by atoms with Crippen LogP contribution in [0.3, 0.4) is 0 Å². The zero-order valence-corrected chi connectivity index (χ0v) is 14.3. The molecule has 2 aliphatic heterocycles. The maximum absolute atomic E-state index is 6.41. The van der Waals surface area contributed by atoms with Gasteiger partial charge in [-0.05, 0) is 56.8 Å². The molecule has 0 aliphatic carbocycles. The van der Waals surface area contributed by atoms with Gasteiger partial charge in [0.1, 0.15) is 0 Å². The van der Waals surface area contributed by atoms with Crippen molar-refractivity contribution in [1.29, 1.82) is 0 Å². The van der Waals surface area contributed by atoms with Crippen molar-refractivity contribution in [3.05, 3.63) is 33.8 Å². The van der Waals surface area contributed by atoms with Crippen molar-refractivity contribution in [2.45, 2.75) is 63.7 Å². The lowest BCUT2D eigenvalue weighted by Gasteiger charge is -2.41. The predicted molar refractivity (Wildman–Crippen MR) is 90.2 cm³/mol. The van der Waals surface area contributed by atoms with E-state index in [2.05, 4.69) is 30.1 Å². The van der Waals surface area contributed by atoms with Gasteiger partial charge >= 0.3 is 0 Å². The van der Waals surface area contributed by atoms with Gasteiger partial charge in [0.25, 0.3) is 0 Å². The van der Waals surface area contributed by atoms with Gasteiger partial charge in [-0.15, -0.1) is 0 Å². The molecule has 2 bridgehead atoms. The van der Waals surface area contributed by atoms with E-state index in [9.17, 15) is 0 Å². The topological polar surface area (TPSA) is 15.3 Å². The van der Waals surface area contributed by atoms with E-state index < -0.39 is 0 Å². The van der Waals surface area contributed by atoms with E-state index in [4.69, 9.17) is 23.2 Å². The van der Waals surface area contributed by atoms with Crippen LogP contribution in [0.2, 0.25) is 10.0 Å². The molecular weight excluding hydrogens is 303 g/mol. The summed E-state index contributed by atoms with van der Waals surface area (Å²) in [6.45, 7) is 5.58. The van der Waals surface area contributed by atoms with E-state index in [0.29, 0.717) is 17.1 Å². The third-order valence-corrected chi connectivity index (χ3v) is 5.75. The van der Waals surface area contributed by atoms with Crippen LogP contribution < -0.4 is 5.32 Å². The predicted octanol–water partition coefficient (Wildman–Crippen LogP) is 4.66. The van der Waals surface area contributed by atoms with Crippen LogP contribution in [0.15, 0.2) is 18.2 Å². The lowest BCUT2D eigenvalue weighted by Crippen LogP contribution is -2.48. The molecule has 116 valence electrons. The van der Waals surface area contributed by atoms with Crippen molar-refractivity contribution in [1.82, 2.24) is 10.2 Å². The van der Waals surface area contributed by atoms with Gasteiger partial charge in [0, 0.05) is 34.2 Å². The highest BCUT2D eigenvalue weighted by molar-refractivity contribution is 6.35. The summed E-state index contributed by atoms with van der Waals surface area (Å²) in [7, 11) is 0. The minimum atomic E-state index is 0.335. The number of nitrogens with one attached hydrogen (secondary N) is 1. The molecule has 1 aromatic carbocycles. The molecule has 2 heterocycles. The van der Waals surface area contributed by atoms with E-state index in [1.165, 1.54) is 31.2 Å². The van der Waals surface area contributed by atoms with Gasteiger partial charge < -0.3 is 5.32 Å². The largest absolute Gasteiger partial charge is 0.311 e. The molecule has 4 heteroatoms. The molecular formula is C17H24Cl2N2. The van der Waals surface area contributed by atoms with Crippen LogP contribution in [0.4, 0.5) is 0 Å². The molecule has 0 aromatic heterocycles. The maximum Gasteiger partial charge on any atom is 0.0468 e. The van der Waals surface area contributed by atoms with Crippen LogP contribution in [0.25, 0.3) is 0 Å². The van der Waals surface area contributed by atoms with E-state index in [-0.39, 0.29) is 0 Å². The Morgan fingerprint density at radius 1 is 1.24 bits per heavy atom. The Hall–Kier alpha value is -0.280. The Morgan fingerprint density at radius 2 is 1.90 bits per heavy atom. The number of fused-ring (bicyclic) bond motifs is 2. The molecule has 2 saturated heterocycles. The number of nitrogens with zero attached hydrogens (tertiary/aromatic N) is 1. The average Bonchev–Trinajstić information content (AvgIpc) is 2.78. The Balaban J connectivity index is 1.79. The quantitative estimate of drug-likeness (QED) is 0.865. The van der Waals surface area contributed by atoms with E-state index >= 15 is 0 Å².